The number of likely N-dealkylation sites (tertiary alicyclic amines) is 1. The summed E-state index contributed by atoms with van der Waals surface area (Å²) in [6.07, 6.45) is 2.69. The SMILES string of the molecule is CC(C)CN(CC(=O)O)C(=O)N1CCCCC1CO. The first-order valence-corrected chi connectivity index (χ1v) is 6.84. The molecule has 1 saturated heterocycles. The zero-order chi connectivity index (χ0) is 14.4. The van der Waals surface area contributed by atoms with Crippen molar-refractivity contribution in [2.75, 3.05) is 26.2 Å². The number of rotatable bonds is 5. The Morgan fingerprint density at radius 3 is 2.58 bits per heavy atom. The topological polar surface area (TPSA) is 81.1 Å². The quantitative estimate of drug-likeness (QED) is 0.782. The Labute approximate surface area is 114 Å². The van der Waals surface area contributed by atoms with Crippen LogP contribution < -0.4 is 0 Å². The number of amides is 2. The smallest absolute Gasteiger partial charge is 0.323 e. The van der Waals surface area contributed by atoms with E-state index >= 15 is 0 Å². The van der Waals surface area contributed by atoms with Crippen molar-refractivity contribution in [3.05, 3.63) is 0 Å². The number of urea groups is 1. The molecule has 0 saturated carbocycles. The van der Waals surface area contributed by atoms with Gasteiger partial charge in [-0.1, -0.05) is 13.8 Å². The third-order valence-electron chi connectivity index (χ3n) is 3.27. The summed E-state index contributed by atoms with van der Waals surface area (Å²) >= 11 is 0. The van der Waals surface area contributed by atoms with Crippen molar-refractivity contribution in [3.63, 3.8) is 0 Å². The van der Waals surface area contributed by atoms with E-state index < -0.39 is 5.97 Å². The Hall–Kier alpha value is -1.30. The molecule has 0 aromatic rings. The minimum absolute atomic E-state index is 0.0612. The van der Waals surface area contributed by atoms with E-state index in [4.69, 9.17) is 5.11 Å². The van der Waals surface area contributed by atoms with Crippen molar-refractivity contribution >= 4 is 12.0 Å². The molecule has 1 rings (SSSR count). The first kappa shape index (κ1) is 15.8. The highest BCUT2D eigenvalue weighted by molar-refractivity contribution is 5.80. The van der Waals surface area contributed by atoms with E-state index in [1.807, 2.05) is 13.8 Å². The maximum atomic E-state index is 12.4. The molecule has 0 aromatic heterocycles. The minimum Gasteiger partial charge on any atom is -0.480 e. The van der Waals surface area contributed by atoms with Gasteiger partial charge in [-0.2, -0.15) is 0 Å². The van der Waals surface area contributed by atoms with Gasteiger partial charge in [0.05, 0.1) is 12.6 Å². The lowest BCUT2D eigenvalue weighted by atomic mass is 10.0. The van der Waals surface area contributed by atoms with E-state index in [2.05, 4.69) is 0 Å². The van der Waals surface area contributed by atoms with Gasteiger partial charge in [0.15, 0.2) is 0 Å². The van der Waals surface area contributed by atoms with E-state index in [9.17, 15) is 14.7 Å². The highest BCUT2D eigenvalue weighted by Crippen LogP contribution is 2.18. The molecule has 1 aliphatic heterocycles. The average Bonchev–Trinajstić information content (AvgIpc) is 2.36. The second-order valence-corrected chi connectivity index (χ2v) is 5.48. The second kappa shape index (κ2) is 7.33. The molecule has 0 bridgehead atoms. The third kappa shape index (κ3) is 4.70. The number of nitrogens with zero attached hydrogens (tertiary/aromatic N) is 2. The lowest BCUT2D eigenvalue weighted by molar-refractivity contribution is -0.137. The van der Waals surface area contributed by atoms with E-state index in [0.29, 0.717) is 13.1 Å². The van der Waals surface area contributed by atoms with Gasteiger partial charge >= 0.3 is 12.0 Å². The summed E-state index contributed by atoms with van der Waals surface area (Å²) in [5, 5.41) is 18.2. The number of aliphatic hydroxyl groups excluding tert-OH is 1. The summed E-state index contributed by atoms with van der Waals surface area (Å²) in [6.45, 7) is 4.56. The predicted octanol–water partition coefficient (Wildman–Crippen LogP) is 0.996. The van der Waals surface area contributed by atoms with Crippen LogP contribution in [0, 0.1) is 5.92 Å². The molecule has 6 nitrogen and oxygen atoms in total. The zero-order valence-electron chi connectivity index (χ0n) is 11.7. The molecule has 0 radical (unpaired) electrons. The molecule has 6 heteroatoms. The molecule has 0 aliphatic carbocycles. The van der Waals surface area contributed by atoms with Crippen LogP contribution in [0.2, 0.25) is 0 Å². The molecule has 1 aliphatic rings. The van der Waals surface area contributed by atoms with Gasteiger partial charge in [-0.3, -0.25) is 4.79 Å². The van der Waals surface area contributed by atoms with E-state index in [0.717, 1.165) is 19.3 Å². The van der Waals surface area contributed by atoms with Crippen molar-refractivity contribution in [2.45, 2.75) is 39.2 Å². The average molecular weight is 272 g/mol. The van der Waals surface area contributed by atoms with Crippen LogP contribution in [-0.4, -0.2) is 64.3 Å². The van der Waals surface area contributed by atoms with Crippen molar-refractivity contribution in [3.8, 4) is 0 Å². The minimum atomic E-state index is -1.01. The Kier molecular flexibility index (Phi) is 6.08. The molecule has 1 fully saturated rings. The maximum absolute atomic E-state index is 12.4. The summed E-state index contributed by atoms with van der Waals surface area (Å²) in [5.74, 6) is -0.799. The lowest BCUT2D eigenvalue weighted by Gasteiger charge is -2.38. The monoisotopic (exact) mass is 272 g/mol. The Morgan fingerprint density at radius 2 is 2.05 bits per heavy atom. The van der Waals surface area contributed by atoms with Crippen molar-refractivity contribution < 1.29 is 19.8 Å². The third-order valence-corrected chi connectivity index (χ3v) is 3.27. The summed E-state index contributed by atoms with van der Waals surface area (Å²) in [5.41, 5.74) is 0. The van der Waals surface area contributed by atoms with E-state index in [1.165, 1.54) is 4.90 Å². The molecule has 1 heterocycles. The zero-order valence-corrected chi connectivity index (χ0v) is 11.7. The number of hydrogen-bond acceptors (Lipinski definition) is 3. The molecule has 0 aromatic carbocycles. The Bertz CT molecular complexity index is 320. The number of aliphatic carboxylic acids is 1. The number of aliphatic hydroxyl groups is 1. The maximum Gasteiger partial charge on any atom is 0.323 e. The lowest BCUT2D eigenvalue weighted by Crippen LogP contribution is -2.53. The van der Waals surface area contributed by atoms with Gasteiger partial charge in [-0.05, 0) is 25.2 Å². The first-order valence-electron chi connectivity index (χ1n) is 6.84. The highest BCUT2D eigenvalue weighted by Gasteiger charge is 2.30. The molecule has 2 N–H and O–H groups in total. The Balaban J connectivity index is 2.75. The number of piperidine rings is 1. The van der Waals surface area contributed by atoms with Gasteiger partial charge in [0.25, 0.3) is 0 Å². The number of carboxylic acids is 1. The van der Waals surface area contributed by atoms with Crippen LogP contribution in [0.5, 0.6) is 0 Å². The number of carbonyl (C=O) groups excluding carboxylic acids is 1. The van der Waals surface area contributed by atoms with Gasteiger partial charge in [0.1, 0.15) is 6.54 Å². The summed E-state index contributed by atoms with van der Waals surface area (Å²) in [6, 6.07) is -0.445. The second-order valence-electron chi connectivity index (χ2n) is 5.48. The fourth-order valence-corrected chi connectivity index (χ4v) is 2.44. The number of carbonyl (C=O) groups is 2. The number of hydrogen-bond donors (Lipinski definition) is 2. The first-order chi connectivity index (χ1) is 8.95. The van der Waals surface area contributed by atoms with Crippen LogP contribution in [0.1, 0.15) is 33.1 Å². The largest absolute Gasteiger partial charge is 0.480 e. The number of carboxylic acid groups (broad SMARTS) is 1. The van der Waals surface area contributed by atoms with E-state index in [1.54, 1.807) is 4.90 Å². The van der Waals surface area contributed by atoms with Crippen LogP contribution in [0.4, 0.5) is 4.79 Å². The summed E-state index contributed by atoms with van der Waals surface area (Å²) < 4.78 is 0. The van der Waals surface area contributed by atoms with Crippen molar-refractivity contribution in [2.24, 2.45) is 5.92 Å². The molecule has 1 atom stereocenters. The van der Waals surface area contributed by atoms with Crippen molar-refractivity contribution in [1.29, 1.82) is 0 Å². The fraction of sp³-hybridized carbons (Fsp3) is 0.846. The molecular weight excluding hydrogens is 248 g/mol. The van der Waals surface area contributed by atoms with Crippen LogP contribution in [0.25, 0.3) is 0 Å². The van der Waals surface area contributed by atoms with Crippen LogP contribution >= 0.6 is 0 Å². The molecule has 1 unspecified atom stereocenters. The van der Waals surface area contributed by atoms with Crippen LogP contribution in [0.15, 0.2) is 0 Å². The fourth-order valence-electron chi connectivity index (χ4n) is 2.44. The van der Waals surface area contributed by atoms with Crippen LogP contribution in [0.3, 0.4) is 0 Å². The molecule has 19 heavy (non-hydrogen) atoms. The van der Waals surface area contributed by atoms with Gasteiger partial charge < -0.3 is 20.0 Å². The standard InChI is InChI=1S/C13H24N2O4/c1-10(2)7-14(8-12(17)18)13(19)15-6-4-3-5-11(15)9-16/h10-11,16H,3-9H2,1-2H3,(H,17,18). The molecule has 2 amide bonds. The Morgan fingerprint density at radius 1 is 1.37 bits per heavy atom. The van der Waals surface area contributed by atoms with Gasteiger partial charge in [0, 0.05) is 13.1 Å². The van der Waals surface area contributed by atoms with Gasteiger partial charge in [-0.25, -0.2) is 4.79 Å². The summed E-state index contributed by atoms with van der Waals surface area (Å²) in [4.78, 5) is 26.3. The van der Waals surface area contributed by atoms with Crippen LogP contribution in [-0.2, 0) is 4.79 Å². The molecule has 110 valence electrons. The molecular formula is C13H24N2O4. The highest BCUT2D eigenvalue weighted by atomic mass is 16.4. The normalized spacial score (nSPS) is 19.6. The van der Waals surface area contributed by atoms with E-state index in [-0.39, 0.29) is 31.1 Å². The van der Waals surface area contributed by atoms with Gasteiger partial charge in [0.2, 0.25) is 0 Å². The van der Waals surface area contributed by atoms with Gasteiger partial charge in [-0.15, -0.1) is 0 Å². The predicted molar refractivity (Wildman–Crippen MR) is 70.9 cm³/mol. The summed E-state index contributed by atoms with van der Waals surface area (Å²) in [7, 11) is 0. The van der Waals surface area contributed by atoms with Crippen molar-refractivity contribution in [1.82, 2.24) is 9.80 Å². The molecule has 0 spiro atoms.